The Bertz CT molecular complexity index is 742. The highest BCUT2D eigenvalue weighted by Crippen LogP contribution is 2.40. The van der Waals surface area contributed by atoms with Gasteiger partial charge in [-0.3, -0.25) is 9.59 Å². The maximum absolute atomic E-state index is 13.1. The Morgan fingerprint density at radius 2 is 1.84 bits per heavy atom. The molecule has 1 aromatic rings. The Morgan fingerprint density at radius 3 is 2.53 bits per heavy atom. The Labute approximate surface area is 199 Å². The number of carbonyl (C=O) groups excluding carboxylic acids is 2. The van der Waals surface area contributed by atoms with Crippen molar-refractivity contribution in [2.24, 2.45) is 0 Å². The van der Waals surface area contributed by atoms with E-state index in [-0.39, 0.29) is 24.6 Å². The lowest BCUT2D eigenvalue weighted by molar-refractivity contribution is -0.158. The molecule has 5 nitrogen and oxygen atoms in total. The third-order valence-electron chi connectivity index (χ3n) is 7.12. The first-order chi connectivity index (χ1) is 15.6. The molecule has 2 unspecified atom stereocenters. The molecule has 3 aliphatic heterocycles. The lowest BCUT2D eigenvalue weighted by atomic mass is 9.98. The highest BCUT2D eigenvalue weighted by atomic mass is 33.1. The molecule has 0 amide bonds. The predicted molar refractivity (Wildman–Crippen MR) is 131 cm³/mol. The van der Waals surface area contributed by atoms with Gasteiger partial charge < -0.3 is 14.4 Å². The summed E-state index contributed by atoms with van der Waals surface area (Å²) in [6.07, 6.45) is 8.90. The van der Waals surface area contributed by atoms with Crippen LogP contribution < -0.4 is 0 Å². The first-order valence-electron chi connectivity index (χ1n) is 12.0. The Morgan fingerprint density at radius 1 is 1.09 bits per heavy atom. The second-order valence-electron chi connectivity index (χ2n) is 9.30. The van der Waals surface area contributed by atoms with Gasteiger partial charge in [0, 0.05) is 29.5 Å². The molecule has 3 fully saturated rings. The van der Waals surface area contributed by atoms with Crippen LogP contribution in [0.25, 0.3) is 0 Å². The van der Waals surface area contributed by atoms with Gasteiger partial charge in [0.2, 0.25) is 0 Å². The third-order valence-corrected chi connectivity index (χ3v) is 10.1. The molecule has 7 heteroatoms. The van der Waals surface area contributed by atoms with Crippen LogP contribution in [0.1, 0.15) is 69.3 Å². The smallest absolute Gasteiger partial charge is 0.317 e. The number of carbonyl (C=O) groups is 2. The number of benzene rings is 1. The van der Waals surface area contributed by atoms with Gasteiger partial charge in [0.15, 0.2) is 0 Å². The normalized spacial score (nSPS) is 28.4. The van der Waals surface area contributed by atoms with E-state index in [1.165, 1.54) is 31.4 Å². The van der Waals surface area contributed by atoms with E-state index < -0.39 is 5.92 Å². The Balaban J connectivity index is 1.26. The molecule has 0 aliphatic carbocycles. The third kappa shape index (κ3) is 6.45. The summed E-state index contributed by atoms with van der Waals surface area (Å²) < 4.78 is 11.5. The molecule has 3 aliphatic rings. The maximum atomic E-state index is 13.1. The fraction of sp³-hybridized carbons (Fsp3) is 0.680. The minimum atomic E-state index is -0.565. The first kappa shape index (κ1) is 24.0. The van der Waals surface area contributed by atoms with Crippen molar-refractivity contribution >= 4 is 33.5 Å². The van der Waals surface area contributed by atoms with Crippen molar-refractivity contribution in [2.45, 2.75) is 87.1 Å². The molecule has 0 aromatic heterocycles. The molecule has 32 heavy (non-hydrogen) atoms. The summed E-state index contributed by atoms with van der Waals surface area (Å²) in [7, 11) is 6.11. The SMILES string of the molecule is CN1[C@@H]2CC[C@H]1CC(OC(=O)C(COC(=O)CCCC[C@@H]1CCSS1)c1ccccc1)C2. The van der Waals surface area contributed by atoms with Crippen LogP contribution in [0.15, 0.2) is 30.3 Å². The molecule has 2 bridgehead atoms. The molecule has 4 rings (SSSR count). The van der Waals surface area contributed by atoms with Crippen LogP contribution in [-0.2, 0) is 19.1 Å². The van der Waals surface area contributed by atoms with Crippen molar-refractivity contribution in [1.29, 1.82) is 0 Å². The zero-order valence-corrected chi connectivity index (χ0v) is 20.6. The van der Waals surface area contributed by atoms with Gasteiger partial charge in [0.05, 0.1) is 0 Å². The first-order valence-corrected chi connectivity index (χ1v) is 14.4. The van der Waals surface area contributed by atoms with Gasteiger partial charge in [-0.25, -0.2) is 0 Å². The quantitative estimate of drug-likeness (QED) is 0.261. The number of ether oxygens (including phenoxy) is 2. The summed E-state index contributed by atoms with van der Waals surface area (Å²) in [5.74, 6) is 0.190. The number of hydrogen-bond acceptors (Lipinski definition) is 7. The number of fused-ring (bicyclic) bond motifs is 2. The summed E-state index contributed by atoms with van der Waals surface area (Å²) in [4.78, 5) is 27.9. The van der Waals surface area contributed by atoms with Gasteiger partial charge in [-0.15, -0.1) is 0 Å². The summed E-state index contributed by atoms with van der Waals surface area (Å²) in [5.41, 5.74) is 0.844. The summed E-state index contributed by atoms with van der Waals surface area (Å²) in [6.45, 7) is 0.0519. The fourth-order valence-corrected chi connectivity index (χ4v) is 8.17. The number of rotatable bonds is 10. The van der Waals surface area contributed by atoms with Gasteiger partial charge in [-0.2, -0.15) is 0 Å². The number of piperidine rings is 1. The molecule has 0 N–H and O–H groups in total. The second kappa shape index (κ2) is 11.8. The number of hydrogen-bond donors (Lipinski definition) is 0. The predicted octanol–water partition coefficient (Wildman–Crippen LogP) is 5.20. The molecule has 0 spiro atoms. The summed E-state index contributed by atoms with van der Waals surface area (Å²) >= 11 is 0. The molecule has 1 aromatic carbocycles. The van der Waals surface area contributed by atoms with E-state index in [4.69, 9.17) is 9.47 Å². The molecular weight excluding hydrogens is 442 g/mol. The average Bonchev–Trinajstić information content (AvgIpc) is 3.37. The maximum Gasteiger partial charge on any atom is 0.317 e. The highest BCUT2D eigenvalue weighted by Gasteiger charge is 2.40. The minimum absolute atomic E-state index is 0.0373. The van der Waals surface area contributed by atoms with E-state index in [0.29, 0.717) is 18.5 Å². The molecule has 3 heterocycles. The van der Waals surface area contributed by atoms with Crippen molar-refractivity contribution in [1.82, 2.24) is 4.90 Å². The summed E-state index contributed by atoms with van der Waals surface area (Å²) in [5, 5.41) is 0.739. The van der Waals surface area contributed by atoms with E-state index in [1.54, 1.807) is 0 Å². The molecule has 0 saturated carbocycles. The van der Waals surface area contributed by atoms with Crippen LogP contribution in [-0.4, -0.2) is 59.7 Å². The van der Waals surface area contributed by atoms with Gasteiger partial charge in [0.25, 0.3) is 0 Å². The van der Waals surface area contributed by atoms with Gasteiger partial charge in [-0.1, -0.05) is 58.3 Å². The molecular formula is C25H35NO4S2. The average molecular weight is 478 g/mol. The lowest BCUT2D eigenvalue weighted by Gasteiger charge is -2.36. The molecule has 176 valence electrons. The Hall–Kier alpha value is -1.18. The van der Waals surface area contributed by atoms with Gasteiger partial charge in [-0.05, 0) is 57.6 Å². The second-order valence-corrected chi connectivity index (χ2v) is 12.1. The minimum Gasteiger partial charge on any atom is -0.464 e. The molecule has 0 radical (unpaired) electrons. The van der Waals surface area contributed by atoms with Crippen LogP contribution in [0.4, 0.5) is 0 Å². The number of unbranched alkanes of at least 4 members (excludes halogenated alkanes) is 1. The van der Waals surface area contributed by atoms with E-state index in [2.05, 4.69) is 11.9 Å². The van der Waals surface area contributed by atoms with E-state index in [9.17, 15) is 9.59 Å². The van der Waals surface area contributed by atoms with Crippen molar-refractivity contribution in [3.63, 3.8) is 0 Å². The van der Waals surface area contributed by atoms with Gasteiger partial charge in [0.1, 0.15) is 18.6 Å². The van der Waals surface area contributed by atoms with Crippen molar-refractivity contribution < 1.29 is 19.1 Å². The van der Waals surface area contributed by atoms with E-state index >= 15 is 0 Å². The zero-order chi connectivity index (χ0) is 22.3. The monoisotopic (exact) mass is 477 g/mol. The summed E-state index contributed by atoms with van der Waals surface area (Å²) in [6, 6.07) is 10.6. The van der Waals surface area contributed by atoms with Crippen LogP contribution in [0, 0.1) is 0 Å². The largest absolute Gasteiger partial charge is 0.464 e. The van der Waals surface area contributed by atoms with Crippen LogP contribution in [0.3, 0.4) is 0 Å². The fourth-order valence-electron chi connectivity index (χ4n) is 5.14. The van der Waals surface area contributed by atoms with Crippen molar-refractivity contribution in [3.05, 3.63) is 35.9 Å². The Kier molecular flexibility index (Phi) is 8.83. The number of esters is 2. The van der Waals surface area contributed by atoms with Crippen LogP contribution in [0.2, 0.25) is 0 Å². The van der Waals surface area contributed by atoms with E-state index in [0.717, 1.165) is 36.5 Å². The van der Waals surface area contributed by atoms with Crippen LogP contribution in [0.5, 0.6) is 0 Å². The zero-order valence-electron chi connectivity index (χ0n) is 18.9. The standard InChI is InChI=1S/C25H35NO4S2/c1-26-19-11-12-20(26)16-21(15-19)30-25(28)23(18-7-3-2-4-8-18)17-29-24(27)10-6-5-9-22-13-14-31-32-22/h2-4,7-8,19-23H,5-6,9-17H2,1H3/t19-,20+,21?,22-,23?/m1/s1. The number of nitrogens with zero attached hydrogens (tertiary/aromatic N) is 1. The van der Waals surface area contributed by atoms with Crippen LogP contribution >= 0.6 is 21.6 Å². The topological polar surface area (TPSA) is 55.8 Å². The van der Waals surface area contributed by atoms with Gasteiger partial charge >= 0.3 is 11.9 Å². The van der Waals surface area contributed by atoms with E-state index in [1.807, 2.05) is 51.9 Å². The van der Waals surface area contributed by atoms with Crippen molar-refractivity contribution in [2.75, 3.05) is 19.4 Å². The molecule has 5 atom stereocenters. The lowest BCUT2D eigenvalue weighted by Crippen LogP contribution is -2.44. The molecule has 3 saturated heterocycles. The van der Waals surface area contributed by atoms with Crippen molar-refractivity contribution in [3.8, 4) is 0 Å². The highest BCUT2D eigenvalue weighted by molar-refractivity contribution is 8.77.